The highest BCUT2D eigenvalue weighted by Crippen LogP contribution is 2.20. The molecule has 0 aliphatic carbocycles. The number of likely N-dealkylation sites (N-methyl/N-ethyl adjacent to an activating group) is 1. The molecule has 4 amide bonds. The van der Waals surface area contributed by atoms with Gasteiger partial charge in [0.2, 0.25) is 11.8 Å². The van der Waals surface area contributed by atoms with Crippen molar-refractivity contribution < 1.29 is 14.4 Å². The normalized spacial score (nSPS) is 10.8. The van der Waals surface area contributed by atoms with Crippen LogP contribution in [0.15, 0.2) is 18.2 Å². The third-order valence-electron chi connectivity index (χ3n) is 3.92. The maximum atomic E-state index is 12.2. The monoisotopic (exact) mass is 396 g/mol. The molecule has 0 aromatic heterocycles. The van der Waals surface area contributed by atoms with E-state index in [-0.39, 0.29) is 19.0 Å². The highest BCUT2D eigenvalue weighted by atomic mass is 35.5. The predicted molar refractivity (Wildman–Crippen MR) is 108 cm³/mol. The van der Waals surface area contributed by atoms with E-state index in [2.05, 4.69) is 29.8 Å². The minimum atomic E-state index is -0.518. The molecule has 0 aliphatic rings. The van der Waals surface area contributed by atoms with Gasteiger partial charge in [0.1, 0.15) is 0 Å². The van der Waals surface area contributed by atoms with Crippen LogP contribution in [-0.2, 0) is 9.59 Å². The summed E-state index contributed by atoms with van der Waals surface area (Å²) in [6.07, 6.45) is 0.839. The van der Waals surface area contributed by atoms with Gasteiger partial charge in [-0.05, 0) is 43.5 Å². The fourth-order valence-electron chi connectivity index (χ4n) is 2.29. The Morgan fingerprint density at radius 2 is 1.81 bits per heavy atom. The summed E-state index contributed by atoms with van der Waals surface area (Å²) in [5.74, 6) is -0.236. The first-order chi connectivity index (χ1) is 12.7. The van der Waals surface area contributed by atoms with E-state index in [4.69, 9.17) is 11.6 Å². The van der Waals surface area contributed by atoms with Gasteiger partial charge in [0.25, 0.3) is 0 Å². The average molecular weight is 397 g/mol. The number of amides is 4. The number of aryl methyl sites for hydroxylation is 1. The molecule has 0 fully saturated rings. The summed E-state index contributed by atoms with van der Waals surface area (Å²) in [5.41, 5.74) is 1.53. The fourth-order valence-corrected chi connectivity index (χ4v) is 2.46. The van der Waals surface area contributed by atoms with Crippen LogP contribution in [0.1, 0.15) is 32.8 Å². The lowest BCUT2D eigenvalue weighted by Crippen LogP contribution is -2.46. The highest BCUT2D eigenvalue weighted by molar-refractivity contribution is 6.31. The van der Waals surface area contributed by atoms with Gasteiger partial charge in [0, 0.05) is 17.3 Å². The zero-order valence-corrected chi connectivity index (χ0v) is 17.2. The first-order valence-electron chi connectivity index (χ1n) is 9.07. The van der Waals surface area contributed by atoms with Crippen LogP contribution in [0.4, 0.5) is 10.5 Å². The van der Waals surface area contributed by atoms with Crippen molar-refractivity contribution in [2.45, 2.75) is 34.1 Å². The standard InChI is InChI=1S/C19H29ClN4O3/c1-5-24(12-18(26)23-19(27)21-9-8-13(2)3)11-17(25)22-16-10-15(20)7-6-14(16)4/h6-7,10,13H,5,8-9,11-12H2,1-4H3,(H,22,25)(H2,21,23,26,27). The van der Waals surface area contributed by atoms with Crippen LogP contribution >= 0.6 is 11.6 Å². The molecule has 0 radical (unpaired) electrons. The second kappa shape index (κ2) is 11.6. The van der Waals surface area contributed by atoms with Gasteiger partial charge in [-0.1, -0.05) is 38.4 Å². The molecule has 27 heavy (non-hydrogen) atoms. The van der Waals surface area contributed by atoms with Crippen molar-refractivity contribution in [2.24, 2.45) is 5.92 Å². The van der Waals surface area contributed by atoms with Gasteiger partial charge in [0.15, 0.2) is 0 Å². The van der Waals surface area contributed by atoms with Gasteiger partial charge in [0.05, 0.1) is 13.1 Å². The van der Waals surface area contributed by atoms with Crippen molar-refractivity contribution >= 4 is 35.1 Å². The van der Waals surface area contributed by atoms with Crippen LogP contribution in [-0.4, -0.2) is 48.9 Å². The van der Waals surface area contributed by atoms with Crippen LogP contribution in [0, 0.1) is 12.8 Å². The van der Waals surface area contributed by atoms with Crippen molar-refractivity contribution in [2.75, 3.05) is 31.5 Å². The van der Waals surface area contributed by atoms with Gasteiger partial charge < -0.3 is 10.6 Å². The van der Waals surface area contributed by atoms with Crippen LogP contribution in [0.5, 0.6) is 0 Å². The van der Waals surface area contributed by atoms with Crippen LogP contribution in [0.2, 0.25) is 5.02 Å². The number of carbonyl (C=O) groups is 3. The number of halogens is 1. The number of rotatable bonds is 9. The highest BCUT2D eigenvalue weighted by Gasteiger charge is 2.15. The fraction of sp³-hybridized carbons (Fsp3) is 0.526. The quantitative estimate of drug-likeness (QED) is 0.598. The molecule has 0 atom stereocenters. The summed E-state index contributed by atoms with van der Waals surface area (Å²) >= 11 is 5.95. The Hall–Kier alpha value is -2.12. The summed E-state index contributed by atoms with van der Waals surface area (Å²) < 4.78 is 0. The molecule has 1 aromatic rings. The Morgan fingerprint density at radius 1 is 1.15 bits per heavy atom. The van der Waals surface area contributed by atoms with E-state index >= 15 is 0 Å². The molecule has 7 nitrogen and oxygen atoms in total. The molecule has 0 unspecified atom stereocenters. The number of hydrogen-bond donors (Lipinski definition) is 3. The van der Waals surface area contributed by atoms with Crippen LogP contribution < -0.4 is 16.0 Å². The van der Waals surface area contributed by atoms with Gasteiger partial charge in [-0.15, -0.1) is 0 Å². The predicted octanol–water partition coefficient (Wildman–Crippen LogP) is 2.78. The van der Waals surface area contributed by atoms with E-state index in [1.807, 2.05) is 19.9 Å². The Balaban J connectivity index is 2.46. The number of carbonyl (C=O) groups excluding carboxylic acids is 3. The second-order valence-electron chi connectivity index (χ2n) is 6.80. The number of hydrogen-bond acceptors (Lipinski definition) is 4. The number of imide groups is 1. The van der Waals surface area contributed by atoms with E-state index in [0.717, 1.165) is 12.0 Å². The summed E-state index contributed by atoms with van der Waals surface area (Å²) in [5, 5.41) is 8.24. The Labute approximate surface area is 165 Å². The average Bonchev–Trinajstić information content (AvgIpc) is 2.57. The lowest BCUT2D eigenvalue weighted by atomic mass is 10.1. The largest absolute Gasteiger partial charge is 0.338 e. The molecule has 0 bridgehead atoms. The number of nitrogens with zero attached hydrogens (tertiary/aromatic N) is 1. The number of benzene rings is 1. The summed E-state index contributed by atoms with van der Waals surface area (Å²) in [6.45, 7) is 8.81. The zero-order chi connectivity index (χ0) is 20.4. The molecule has 0 saturated heterocycles. The Morgan fingerprint density at radius 3 is 2.44 bits per heavy atom. The molecule has 1 aromatic carbocycles. The summed E-state index contributed by atoms with van der Waals surface area (Å²) in [6, 6.07) is 4.73. The molecular formula is C19H29ClN4O3. The molecule has 0 spiro atoms. The zero-order valence-electron chi connectivity index (χ0n) is 16.4. The van der Waals surface area contributed by atoms with Crippen LogP contribution in [0.3, 0.4) is 0 Å². The maximum Gasteiger partial charge on any atom is 0.321 e. The minimum absolute atomic E-state index is 0.0326. The Kier molecular flexibility index (Phi) is 9.82. The molecule has 3 N–H and O–H groups in total. The molecular weight excluding hydrogens is 368 g/mol. The molecule has 150 valence electrons. The van der Waals surface area contributed by atoms with E-state index < -0.39 is 11.9 Å². The molecule has 0 saturated carbocycles. The summed E-state index contributed by atoms with van der Waals surface area (Å²) in [7, 11) is 0. The SMILES string of the molecule is CCN(CC(=O)NC(=O)NCCC(C)C)CC(=O)Nc1cc(Cl)ccc1C. The second-order valence-corrected chi connectivity index (χ2v) is 7.23. The first kappa shape index (κ1) is 22.9. The molecule has 1 rings (SSSR count). The molecule has 0 aliphatic heterocycles. The van der Waals surface area contributed by atoms with Crippen LogP contribution in [0.25, 0.3) is 0 Å². The lowest BCUT2D eigenvalue weighted by Gasteiger charge is -2.19. The van der Waals surface area contributed by atoms with Gasteiger partial charge in [-0.2, -0.15) is 0 Å². The number of anilines is 1. The first-order valence-corrected chi connectivity index (χ1v) is 9.45. The number of nitrogens with one attached hydrogen (secondary N) is 3. The van der Waals surface area contributed by atoms with Crippen molar-refractivity contribution in [3.05, 3.63) is 28.8 Å². The topological polar surface area (TPSA) is 90.5 Å². The lowest BCUT2D eigenvalue weighted by molar-refractivity contribution is -0.122. The van der Waals surface area contributed by atoms with Crippen molar-refractivity contribution in [1.82, 2.24) is 15.5 Å². The van der Waals surface area contributed by atoms with E-state index in [9.17, 15) is 14.4 Å². The third-order valence-corrected chi connectivity index (χ3v) is 4.15. The van der Waals surface area contributed by atoms with Crippen molar-refractivity contribution in [3.8, 4) is 0 Å². The van der Waals surface area contributed by atoms with Gasteiger partial charge >= 0.3 is 6.03 Å². The Bertz CT molecular complexity index is 664. The van der Waals surface area contributed by atoms with Crippen molar-refractivity contribution in [3.63, 3.8) is 0 Å². The van der Waals surface area contributed by atoms with E-state index in [1.165, 1.54) is 0 Å². The third kappa shape index (κ3) is 9.40. The number of urea groups is 1. The van der Waals surface area contributed by atoms with E-state index in [0.29, 0.717) is 29.7 Å². The van der Waals surface area contributed by atoms with Gasteiger partial charge in [-0.25, -0.2) is 4.79 Å². The van der Waals surface area contributed by atoms with Gasteiger partial charge in [-0.3, -0.25) is 19.8 Å². The maximum absolute atomic E-state index is 12.2. The van der Waals surface area contributed by atoms with Crippen molar-refractivity contribution in [1.29, 1.82) is 0 Å². The smallest absolute Gasteiger partial charge is 0.321 e. The molecule has 0 heterocycles. The summed E-state index contributed by atoms with van der Waals surface area (Å²) in [4.78, 5) is 37.6. The molecule has 8 heteroatoms. The minimum Gasteiger partial charge on any atom is -0.338 e. The van der Waals surface area contributed by atoms with E-state index in [1.54, 1.807) is 17.0 Å².